The average molecular weight is 314 g/mol. The van der Waals surface area contributed by atoms with Gasteiger partial charge < -0.3 is 8.85 Å². The molecule has 0 radical (unpaired) electrons. The lowest BCUT2D eigenvalue weighted by Gasteiger charge is -2.53. The first-order valence-corrected chi connectivity index (χ1v) is 10.5. The Hall–Kier alpha value is 0.0969. The third kappa shape index (κ3) is 2.97. The van der Waals surface area contributed by atoms with Crippen LogP contribution in [0.3, 0.4) is 0 Å². The predicted molar refractivity (Wildman–Crippen MR) is 90.3 cm³/mol. The van der Waals surface area contributed by atoms with Gasteiger partial charge in [0.15, 0.2) is 0 Å². The van der Waals surface area contributed by atoms with Crippen molar-refractivity contribution in [3.05, 3.63) is 0 Å². The molecule has 21 heavy (non-hydrogen) atoms. The number of rotatable bonds is 5. The van der Waals surface area contributed by atoms with Crippen LogP contribution >= 0.6 is 0 Å². The molecule has 0 N–H and O–H groups in total. The second-order valence-corrected chi connectivity index (χ2v) is 11.8. The van der Waals surface area contributed by atoms with Gasteiger partial charge >= 0.3 is 8.72 Å². The van der Waals surface area contributed by atoms with Crippen LogP contribution in [0.25, 0.3) is 0 Å². The number of piperidine rings is 1. The highest BCUT2D eigenvalue weighted by molar-refractivity contribution is 6.67. The quantitative estimate of drug-likeness (QED) is 0.711. The average Bonchev–Trinajstić information content (AvgIpc) is 2.48. The van der Waals surface area contributed by atoms with E-state index in [9.17, 15) is 0 Å². The molecular formula is C17H35NO2Si. The van der Waals surface area contributed by atoms with Crippen molar-refractivity contribution >= 4 is 8.72 Å². The molecule has 4 heteroatoms. The van der Waals surface area contributed by atoms with Gasteiger partial charge in [0.25, 0.3) is 0 Å². The molecular weight excluding hydrogens is 278 g/mol. The third-order valence-electron chi connectivity index (χ3n) is 6.52. The van der Waals surface area contributed by atoms with Gasteiger partial charge in [-0.15, -0.1) is 0 Å². The predicted octanol–water partition coefficient (Wildman–Crippen LogP) is 4.17. The Labute approximate surface area is 132 Å². The summed E-state index contributed by atoms with van der Waals surface area (Å²) in [7, 11) is 1.36. The smallest absolute Gasteiger partial charge is 0.386 e. The van der Waals surface area contributed by atoms with Crippen molar-refractivity contribution in [1.29, 1.82) is 0 Å². The van der Waals surface area contributed by atoms with Crippen LogP contribution in [-0.2, 0) is 8.85 Å². The number of hydrogen-bond donors (Lipinski definition) is 0. The Morgan fingerprint density at radius 1 is 1.00 bits per heavy atom. The Bertz CT molecular complexity index is 342. The minimum absolute atomic E-state index is 0.0814. The summed E-state index contributed by atoms with van der Waals surface area (Å²) in [6.07, 6.45) is 7.04. The first-order chi connectivity index (χ1) is 9.89. The van der Waals surface area contributed by atoms with E-state index in [4.69, 9.17) is 8.85 Å². The van der Waals surface area contributed by atoms with Gasteiger partial charge in [-0.1, -0.05) is 47.0 Å². The summed E-state index contributed by atoms with van der Waals surface area (Å²) in [5.74, 6) is 2.37. The molecule has 1 aliphatic carbocycles. The van der Waals surface area contributed by atoms with Crippen molar-refractivity contribution in [3.63, 3.8) is 0 Å². The van der Waals surface area contributed by atoms with Crippen molar-refractivity contribution in [3.8, 4) is 0 Å². The summed E-state index contributed by atoms with van der Waals surface area (Å²) < 4.78 is 15.0. The van der Waals surface area contributed by atoms with Gasteiger partial charge in [0.05, 0.1) is 0 Å². The molecule has 124 valence electrons. The SMILES string of the molecule is CO[Si](OC)(N1CCC2CCCCC2C1)C(C)(C)C(C)C. The number of nitrogens with zero attached hydrogens (tertiary/aromatic N) is 1. The number of fused-ring (bicyclic) bond motifs is 1. The summed E-state index contributed by atoms with van der Waals surface area (Å²) in [5, 5.41) is 0.0814. The summed E-state index contributed by atoms with van der Waals surface area (Å²) in [4.78, 5) is 0. The molecule has 0 aromatic rings. The minimum Gasteiger partial charge on any atom is -0.386 e. The van der Waals surface area contributed by atoms with Crippen LogP contribution in [0.15, 0.2) is 0 Å². The molecule has 0 aromatic carbocycles. The lowest BCUT2D eigenvalue weighted by Crippen LogP contribution is -2.67. The van der Waals surface area contributed by atoms with Crippen LogP contribution in [0.1, 0.15) is 59.8 Å². The Morgan fingerprint density at radius 3 is 2.10 bits per heavy atom. The van der Waals surface area contributed by atoms with Crippen molar-refractivity contribution in [2.45, 2.75) is 64.8 Å². The first kappa shape index (κ1) is 17.5. The van der Waals surface area contributed by atoms with E-state index in [-0.39, 0.29) is 5.04 Å². The van der Waals surface area contributed by atoms with Crippen molar-refractivity contribution in [1.82, 2.24) is 4.57 Å². The molecule has 0 amide bonds. The second-order valence-electron chi connectivity index (χ2n) is 7.91. The zero-order valence-corrected chi connectivity index (χ0v) is 15.9. The van der Waals surface area contributed by atoms with Gasteiger partial charge in [-0.05, 0) is 43.7 Å². The molecule has 3 nitrogen and oxygen atoms in total. The Balaban J connectivity index is 2.22. The molecule has 2 aliphatic rings. The van der Waals surface area contributed by atoms with Crippen LogP contribution in [0.5, 0.6) is 0 Å². The number of hydrogen-bond acceptors (Lipinski definition) is 3. The molecule has 1 saturated heterocycles. The third-order valence-corrected chi connectivity index (χ3v) is 11.1. The van der Waals surface area contributed by atoms with E-state index in [2.05, 4.69) is 32.3 Å². The molecule has 2 unspecified atom stereocenters. The van der Waals surface area contributed by atoms with Crippen molar-refractivity contribution in [2.75, 3.05) is 27.3 Å². The molecule has 2 rings (SSSR count). The van der Waals surface area contributed by atoms with Gasteiger partial charge in [0, 0.05) is 19.3 Å². The highest BCUT2D eigenvalue weighted by Gasteiger charge is 2.59. The summed E-state index contributed by atoms with van der Waals surface area (Å²) in [6.45, 7) is 11.6. The zero-order chi connectivity index (χ0) is 15.7. The lowest BCUT2D eigenvalue weighted by molar-refractivity contribution is 0.0615. The molecule has 1 aliphatic heterocycles. The maximum absolute atomic E-state index is 6.18. The fourth-order valence-electron chi connectivity index (χ4n) is 4.51. The molecule has 0 spiro atoms. The standard InChI is InChI=1S/C17H35NO2Si/c1-14(2)17(3,4)21(19-5,20-6)18-12-11-15-9-7-8-10-16(15)13-18/h14-16H,7-13H2,1-6H3. The van der Waals surface area contributed by atoms with Gasteiger partial charge in [0.1, 0.15) is 0 Å². The van der Waals surface area contributed by atoms with E-state index in [0.717, 1.165) is 18.4 Å². The monoisotopic (exact) mass is 313 g/mol. The van der Waals surface area contributed by atoms with Crippen LogP contribution < -0.4 is 0 Å². The molecule has 2 fully saturated rings. The van der Waals surface area contributed by atoms with Gasteiger partial charge in [-0.3, -0.25) is 4.57 Å². The van der Waals surface area contributed by atoms with Crippen LogP contribution in [0.4, 0.5) is 0 Å². The summed E-state index contributed by atoms with van der Waals surface area (Å²) in [5.41, 5.74) is 0. The van der Waals surface area contributed by atoms with E-state index in [1.165, 1.54) is 38.6 Å². The second kappa shape index (κ2) is 6.69. The summed E-state index contributed by atoms with van der Waals surface area (Å²) >= 11 is 0. The van der Waals surface area contributed by atoms with Crippen molar-refractivity contribution < 1.29 is 8.85 Å². The van der Waals surface area contributed by atoms with Crippen LogP contribution in [-0.4, -0.2) is 40.6 Å². The van der Waals surface area contributed by atoms with E-state index in [0.29, 0.717) is 5.92 Å². The van der Waals surface area contributed by atoms with Gasteiger partial charge in [-0.25, -0.2) is 0 Å². The van der Waals surface area contributed by atoms with E-state index < -0.39 is 8.72 Å². The maximum atomic E-state index is 6.18. The van der Waals surface area contributed by atoms with E-state index >= 15 is 0 Å². The Kier molecular flexibility index (Phi) is 5.56. The van der Waals surface area contributed by atoms with Crippen molar-refractivity contribution in [2.24, 2.45) is 17.8 Å². The van der Waals surface area contributed by atoms with E-state index in [1.807, 2.05) is 14.2 Å². The van der Waals surface area contributed by atoms with Gasteiger partial charge in [0.2, 0.25) is 0 Å². The topological polar surface area (TPSA) is 21.7 Å². The summed E-state index contributed by atoms with van der Waals surface area (Å²) in [6, 6.07) is 0. The van der Waals surface area contributed by atoms with Gasteiger partial charge in [-0.2, -0.15) is 0 Å². The molecule has 0 aromatic heterocycles. The van der Waals surface area contributed by atoms with Crippen LogP contribution in [0.2, 0.25) is 5.04 Å². The van der Waals surface area contributed by atoms with Crippen LogP contribution in [0, 0.1) is 17.8 Å². The maximum Gasteiger partial charge on any atom is 0.433 e. The normalized spacial score (nSPS) is 28.7. The molecule has 1 saturated carbocycles. The molecule has 0 bridgehead atoms. The fourth-order valence-corrected chi connectivity index (χ4v) is 8.69. The highest BCUT2D eigenvalue weighted by atomic mass is 28.4. The Morgan fingerprint density at radius 2 is 1.57 bits per heavy atom. The molecule has 1 heterocycles. The molecule has 2 atom stereocenters. The highest BCUT2D eigenvalue weighted by Crippen LogP contribution is 2.48. The zero-order valence-electron chi connectivity index (χ0n) is 14.9. The minimum atomic E-state index is -2.38. The lowest BCUT2D eigenvalue weighted by atomic mass is 9.76. The largest absolute Gasteiger partial charge is 0.433 e. The fraction of sp³-hybridized carbons (Fsp3) is 1.00. The first-order valence-electron chi connectivity index (χ1n) is 8.74. The van der Waals surface area contributed by atoms with E-state index in [1.54, 1.807) is 0 Å².